The normalized spacial score (nSPS) is 12.4. The molecule has 0 saturated heterocycles. The zero-order valence-electron chi connectivity index (χ0n) is 20.4. The van der Waals surface area contributed by atoms with Gasteiger partial charge in [0, 0.05) is 39.3 Å². The van der Waals surface area contributed by atoms with E-state index in [0.29, 0.717) is 0 Å². The summed E-state index contributed by atoms with van der Waals surface area (Å²) in [5.41, 5.74) is 1.51. The SMILES string of the molecule is CCCN(CCC)[P+](Cc1ccccc1)(N(CCC)CCC)N(CCC)CCC. The Morgan fingerprint density at radius 2 is 0.828 bits per heavy atom. The molecule has 1 aromatic carbocycles. The van der Waals surface area contributed by atoms with Crippen LogP contribution in [0.4, 0.5) is 0 Å². The summed E-state index contributed by atoms with van der Waals surface area (Å²) < 4.78 is 8.82. The Labute approximate surface area is 183 Å². The molecule has 0 heterocycles. The summed E-state index contributed by atoms with van der Waals surface area (Å²) in [5.74, 6) is 0. The molecule has 0 amide bonds. The van der Waals surface area contributed by atoms with Crippen molar-refractivity contribution in [3.05, 3.63) is 35.9 Å². The van der Waals surface area contributed by atoms with Gasteiger partial charge in [-0.1, -0.05) is 71.9 Å². The predicted octanol–water partition coefficient (Wildman–Crippen LogP) is 7.32. The van der Waals surface area contributed by atoms with Crippen LogP contribution >= 0.6 is 7.71 Å². The van der Waals surface area contributed by atoms with E-state index in [1.54, 1.807) is 0 Å². The summed E-state index contributed by atoms with van der Waals surface area (Å²) in [6.45, 7) is 21.4. The van der Waals surface area contributed by atoms with E-state index in [4.69, 9.17) is 0 Å². The van der Waals surface area contributed by atoms with E-state index in [0.717, 1.165) is 0 Å². The Kier molecular flexibility index (Phi) is 14.1. The average molecular weight is 423 g/mol. The topological polar surface area (TPSA) is 9.72 Å². The number of nitrogens with zero attached hydrogens (tertiary/aromatic N) is 3. The van der Waals surface area contributed by atoms with Gasteiger partial charge >= 0.3 is 0 Å². The maximum Gasteiger partial charge on any atom is 0.231 e. The maximum atomic E-state index is 2.94. The number of hydrogen-bond acceptors (Lipinski definition) is 3. The first-order valence-corrected chi connectivity index (χ1v) is 14.2. The van der Waals surface area contributed by atoms with Crippen LogP contribution in [-0.2, 0) is 6.16 Å². The Morgan fingerprint density at radius 3 is 1.10 bits per heavy atom. The Hall–Kier alpha value is -0.470. The molecule has 0 spiro atoms. The van der Waals surface area contributed by atoms with Crippen LogP contribution in [0.3, 0.4) is 0 Å². The van der Waals surface area contributed by atoms with E-state index in [9.17, 15) is 0 Å². The molecule has 0 unspecified atom stereocenters. The van der Waals surface area contributed by atoms with Crippen LogP contribution in [0.5, 0.6) is 0 Å². The second-order valence-electron chi connectivity index (χ2n) is 8.20. The van der Waals surface area contributed by atoms with Crippen molar-refractivity contribution in [2.45, 2.75) is 86.2 Å². The van der Waals surface area contributed by atoms with E-state index in [1.165, 1.54) is 89.5 Å². The highest BCUT2D eigenvalue weighted by atomic mass is 31.2. The van der Waals surface area contributed by atoms with Crippen LogP contribution in [0.1, 0.15) is 85.6 Å². The molecule has 3 nitrogen and oxygen atoms in total. The van der Waals surface area contributed by atoms with Gasteiger partial charge in [0.05, 0.1) is 0 Å². The summed E-state index contributed by atoms with van der Waals surface area (Å²) >= 11 is 0. The molecule has 0 aliphatic rings. The highest BCUT2D eigenvalue weighted by molar-refractivity contribution is 7.68. The van der Waals surface area contributed by atoms with Gasteiger partial charge in [-0.2, -0.15) is 0 Å². The minimum Gasteiger partial charge on any atom is -0.148 e. The molecule has 0 bridgehead atoms. The summed E-state index contributed by atoms with van der Waals surface area (Å²) in [4.78, 5) is 0. The zero-order chi connectivity index (χ0) is 21.5. The summed E-state index contributed by atoms with van der Waals surface area (Å²) in [6.07, 6.45) is 8.57. The number of rotatable bonds is 17. The third kappa shape index (κ3) is 7.62. The van der Waals surface area contributed by atoms with Gasteiger partial charge in [0.2, 0.25) is 7.71 Å². The lowest BCUT2D eigenvalue weighted by atomic mass is 10.2. The second-order valence-corrected chi connectivity index (χ2v) is 11.6. The minimum atomic E-state index is -1.65. The molecule has 1 aromatic rings. The molecule has 168 valence electrons. The van der Waals surface area contributed by atoms with Crippen molar-refractivity contribution in [1.29, 1.82) is 0 Å². The van der Waals surface area contributed by atoms with Gasteiger partial charge in [-0.05, 0) is 44.1 Å². The van der Waals surface area contributed by atoms with E-state index in [2.05, 4.69) is 85.9 Å². The molecule has 0 fully saturated rings. The maximum absolute atomic E-state index is 2.94. The Morgan fingerprint density at radius 1 is 0.517 bits per heavy atom. The van der Waals surface area contributed by atoms with Gasteiger partial charge in [-0.15, -0.1) is 14.0 Å². The molecular weight excluding hydrogens is 373 g/mol. The molecule has 4 heteroatoms. The molecule has 0 aliphatic carbocycles. The largest absolute Gasteiger partial charge is 0.231 e. The third-order valence-electron chi connectivity index (χ3n) is 5.49. The highest BCUT2D eigenvalue weighted by Crippen LogP contribution is 2.70. The van der Waals surface area contributed by atoms with Gasteiger partial charge in [0.1, 0.15) is 6.16 Å². The molecule has 29 heavy (non-hydrogen) atoms. The molecule has 0 aromatic heterocycles. The van der Waals surface area contributed by atoms with Crippen molar-refractivity contribution < 1.29 is 0 Å². The summed E-state index contributed by atoms with van der Waals surface area (Å²) in [5, 5.41) is 0. The predicted molar refractivity (Wildman–Crippen MR) is 134 cm³/mol. The fourth-order valence-electron chi connectivity index (χ4n) is 4.51. The molecule has 0 N–H and O–H groups in total. The van der Waals surface area contributed by atoms with Crippen molar-refractivity contribution in [1.82, 2.24) is 14.0 Å². The van der Waals surface area contributed by atoms with Gasteiger partial charge in [-0.3, -0.25) is 0 Å². The quantitative estimate of drug-likeness (QED) is 0.244. The first-order chi connectivity index (χ1) is 14.1. The smallest absolute Gasteiger partial charge is 0.148 e. The molecular formula is C25H49N3P+. The van der Waals surface area contributed by atoms with E-state index in [1.807, 2.05) is 0 Å². The lowest BCUT2D eigenvalue weighted by Gasteiger charge is -2.48. The van der Waals surface area contributed by atoms with Gasteiger partial charge < -0.3 is 0 Å². The average Bonchev–Trinajstić information content (AvgIpc) is 2.72. The van der Waals surface area contributed by atoms with Gasteiger partial charge in [0.25, 0.3) is 0 Å². The molecule has 0 atom stereocenters. The molecule has 0 aliphatic heterocycles. The number of hydrogen-bond donors (Lipinski definition) is 0. The fourth-order valence-corrected chi connectivity index (χ4v) is 10.0. The van der Waals surface area contributed by atoms with Crippen LogP contribution in [0.25, 0.3) is 0 Å². The molecule has 0 saturated carbocycles. The van der Waals surface area contributed by atoms with Crippen LogP contribution in [0.15, 0.2) is 30.3 Å². The van der Waals surface area contributed by atoms with Crippen molar-refractivity contribution in [2.24, 2.45) is 0 Å². The van der Waals surface area contributed by atoms with Crippen LogP contribution in [0.2, 0.25) is 0 Å². The van der Waals surface area contributed by atoms with Crippen LogP contribution in [-0.4, -0.2) is 53.3 Å². The van der Waals surface area contributed by atoms with Crippen molar-refractivity contribution in [3.8, 4) is 0 Å². The van der Waals surface area contributed by atoms with E-state index < -0.39 is 7.71 Å². The third-order valence-corrected chi connectivity index (χ3v) is 10.2. The van der Waals surface area contributed by atoms with E-state index >= 15 is 0 Å². The number of benzene rings is 1. The summed E-state index contributed by atoms with van der Waals surface area (Å²) in [7, 11) is -1.65. The van der Waals surface area contributed by atoms with Crippen molar-refractivity contribution in [2.75, 3.05) is 39.3 Å². The standard InChI is InChI=1S/C25H49N3P/c1-7-18-26(19-8-2)29(27(20-9-3)21-10-4,28(22-11-5)23-12-6)24-25-16-14-13-15-17-25/h13-17H,7-12,18-24H2,1-6H3/q+1. The van der Waals surface area contributed by atoms with Crippen molar-refractivity contribution in [3.63, 3.8) is 0 Å². The fraction of sp³-hybridized carbons (Fsp3) is 0.760. The molecule has 1 rings (SSSR count). The first kappa shape index (κ1) is 26.6. The van der Waals surface area contributed by atoms with Crippen LogP contribution in [0, 0.1) is 0 Å². The van der Waals surface area contributed by atoms with Gasteiger partial charge in [-0.25, -0.2) is 0 Å². The highest BCUT2D eigenvalue weighted by Gasteiger charge is 2.54. The van der Waals surface area contributed by atoms with Gasteiger partial charge in [0.15, 0.2) is 0 Å². The van der Waals surface area contributed by atoms with E-state index in [-0.39, 0.29) is 0 Å². The lowest BCUT2D eigenvalue weighted by Crippen LogP contribution is -2.48. The zero-order valence-corrected chi connectivity index (χ0v) is 21.3. The van der Waals surface area contributed by atoms with Crippen molar-refractivity contribution >= 4 is 7.71 Å². The summed E-state index contributed by atoms with van der Waals surface area (Å²) in [6, 6.07) is 11.3. The second kappa shape index (κ2) is 15.3. The monoisotopic (exact) mass is 422 g/mol. The first-order valence-electron chi connectivity index (χ1n) is 12.3. The Bertz CT molecular complexity index is 449. The van der Waals surface area contributed by atoms with Crippen LogP contribution < -0.4 is 0 Å². The lowest BCUT2D eigenvalue weighted by molar-refractivity contribution is 0.292. The Balaban J connectivity index is 3.63. The minimum absolute atomic E-state index is 1.19. The molecule has 0 radical (unpaired) electrons.